The Morgan fingerprint density at radius 2 is 2.21 bits per heavy atom. The van der Waals surface area contributed by atoms with Gasteiger partial charge in [0.2, 0.25) is 0 Å². The second-order valence-electron chi connectivity index (χ2n) is 3.50. The second kappa shape index (κ2) is 3.72. The highest BCUT2D eigenvalue weighted by Crippen LogP contribution is 2.18. The number of hydrogen-bond donors (Lipinski definition) is 3. The van der Waals surface area contributed by atoms with E-state index < -0.39 is 0 Å². The van der Waals surface area contributed by atoms with Gasteiger partial charge < -0.3 is 15.4 Å². The number of nitrogens with one attached hydrogen (secondary N) is 2. The van der Waals surface area contributed by atoms with E-state index in [0.717, 1.165) is 11.3 Å². The standard InChI is InChI=1S/C11H14N2O/c1-8(7-14)12-11-6-9-4-2-3-5-10(9)13-11/h2-6,8,12-14H,7H2,1H3. The van der Waals surface area contributed by atoms with Crippen LogP contribution in [-0.2, 0) is 0 Å². The normalized spacial score (nSPS) is 13.0. The molecule has 1 atom stereocenters. The maximum absolute atomic E-state index is 8.89. The largest absolute Gasteiger partial charge is 0.394 e. The first kappa shape index (κ1) is 9.09. The highest BCUT2D eigenvalue weighted by atomic mass is 16.3. The van der Waals surface area contributed by atoms with Crippen LogP contribution in [0.1, 0.15) is 6.92 Å². The van der Waals surface area contributed by atoms with Crippen LogP contribution in [0.4, 0.5) is 5.82 Å². The molecule has 0 saturated heterocycles. The first-order valence-corrected chi connectivity index (χ1v) is 4.75. The molecule has 3 heteroatoms. The van der Waals surface area contributed by atoms with E-state index >= 15 is 0 Å². The summed E-state index contributed by atoms with van der Waals surface area (Å²) in [5.41, 5.74) is 1.11. The third-order valence-electron chi connectivity index (χ3n) is 2.21. The number of anilines is 1. The average Bonchev–Trinajstić information content (AvgIpc) is 2.59. The summed E-state index contributed by atoms with van der Waals surface area (Å²) in [6.45, 7) is 2.07. The van der Waals surface area contributed by atoms with Crippen molar-refractivity contribution >= 4 is 16.7 Å². The number of H-pyrrole nitrogens is 1. The lowest BCUT2D eigenvalue weighted by Crippen LogP contribution is -2.19. The van der Waals surface area contributed by atoms with Crippen molar-refractivity contribution in [3.8, 4) is 0 Å². The van der Waals surface area contributed by atoms with E-state index in [-0.39, 0.29) is 12.6 Å². The van der Waals surface area contributed by atoms with E-state index in [9.17, 15) is 0 Å². The Balaban J connectivity index is 2.27. The minimum atomic E-state index is 0.0723. The topological polar surface area (TPSA) is 48.0 Å². The number of aromatic amines is 1. The summed E-state index contributed by atoms with van der Waals surface area (Å²) >= 11 is 0. The fraction of sp³-hybridized carbons (Fsp3) is 0.273. The third kappa shape index (κ3) is 1.72. The van der Waals surface area contributed by atoms with Crippen molar-refractivity contribution in [3.63, 3.8) is 0 Å². The lowest BCUT2D eigenvalue weighted by Gasteiger charge is -2.09. The fourth-order valence-corrected chi connectivity index (χ4v) is 1.46. The molecule has 1 heterocycles. The van der Waals surface area contributed by atoms with Gasteiger partial charge in [-0.3, -0.25) is 0 Å². The molecule has 0 bridgehead atoms. The Hall–Kier alpha value is -1.48. The predicted molar refractivity (Wildman–Crippen MR) is 58.5 cm³/mol. The Labute approximate surface area is 82.8 Å². The van der Waals surface area contributed by atoms with Gasteiger partial charge in [-0.2, -0.15) is 0 Å². The summed E-state index contributed by atoms with van der Waals surface area (Å²) in [6.07, 6.45) is 0. The van der Waals surface area contributed by atoms with Crippen molar-refractivity contribution in [2.24, 2.45) is 0 Å². The summed E-state index contributed by atoms with van der Waals surface area (Å²) in [5.74, 6) is 0.952. The van der Waals surface area contributed by atoms with E-state index in [1.165, 1.54) is 5.39 Å². The number of aromatic nitrogens is 1. The van der Waals surface area contributed by atoms with Crippen LogP contribution >= 0.6 is 0 Å². The number of fused-ring (bicyclic) bond motifs is 1. The zero-order valence-corrected chi connectivity index (χ0v) is 8.12. The summed E-state index contributed by atoms with van der Waals surface area (Å²) in [5, 5.41) is 13.3. The molecule has 3 nitrogen and oxygen atoms in total. The van der Waals surface area contributed by atoms with Gasteiger partial charge in [-0.05, 0) is 19.1 Å². The molecule has 2 rings (SSSR count). The predicted octanol–water partition coefficient (Wildman–Crippen LogP) is 1.96. The van der Waals surface area contributed by atoms with Crippen LogP contribution < -0.4 is 5.32 Å². The van der Waals surface area contributed by atoms with E-state index in [4.69, 9.17) is 5.11 Å². The first-order valence-electron chi connectivity index (χ1n) is 4.75. The molecule has 0 aliphatic rings. The number of aliphatic hydroxyl groups excluding tert-OH is 1. The Morgan fingerprint density at radius 3 is 2.93 bits per heavy atom. The van der Waals surface area contributed by atoms with E-state index in [0.29, 0.717) is 0 Å². The van der Waals surface area contributed by atoms with Crippen LogP contribution in [0, 0.1) is 0 Å². The zero-order valence-electron chi connectivity index (χ0n) is 8.12. The molecule has 14 heavy (non-hydrogen) atoms. The summed E-state index contributed by atoms with van der Waals surface area (Å²) in [4.78, 5) is 3.24. The average molecular weight is 190 g/mol. The molecule has 0 saturated carbocycles. The lowest BCUT2D eigenvalue weighted by atomic mass is 10.2. The zero-order chi connectivity index (χ0) is 9.97. The van der Waals surface area contributed by atoms with E-state index in [1.807, 2.05) is 31.2 Å². The van der Waals surface area contributed by atoms with Crippen molar-refractivity contribution in [1.82, 2.24) is 4.98 Å². The molecule has 0 fully saturated rings. The smallest absolute Gasteiger partial charge is 0.104 e. The van der Waals surface area contributed by atoms with Crippen molar-refractivity contribution in [1.29, 1.82) is 0 Å². The highest BCUT2D eigenvalue weighted by molar-refractivity contribution is 5.83. The summed E-state index contributed by atoms with van der Waals surface area (Å²) < 4.78 is 0. The first-order chi connectivity index (χ1) is 6.79. The molecule has 0 aliphatic heterocycles. The molecule has 0 radical (unpaired) electrons. The van der Waals surface area contributed by atoms with Crippen molar-refractivity contribution in [3.05, 3.63) is 30.3 Å². The molecule has 2 aromatic rings. The molecular formula is C11H14N2O. The van der Waals surface area contributed by atoms with E-state index in [2.05, 4.69) is 16.4 Å². The van der Waals surface area contributed by atoms with Crippen LogP contribution in [0.25, 0.3) is 10.9 Å². The monoisotopic (exact) mass is 190 g/mol. The fourth-order valence-electron chi connectivity index (χ4n) is 1.46. The number of rotatable bonds is 3. The summed E-state index contributed by atoms with van der Waals surface area (Å²) in [7, 11) is 0. The van der Waals surface area contributed by atoms with Crippen LogP contribution in [0.15, 0.2) is 30.3 Å². The number of aliphatic hydroxyl groups is 1. The van der Waals surface area contributed by atoms with Gasteiger partial charge in [0.1, 0.15) is 5.82 Å². The number of para-hydroxylation sites is 1. The molecule has 0 spiro atoms. The highest BCUT2D eigenvalue weighted by Gasteiger charge is 2.02. The molecule has 1 aromatic heterocycles. The van der Waals surface area contributed by atoms with Crippen LogP contribution in [-0.4, -0.2) is 22.7 Å². The minimum Gasteiger partial charge on any atom is -0.394 e. The Kier molecular flexibility index (Phi) is 2.41. The summed E-state index contributed by atoms with van der Waals surface area (Å²) in [6, 6.07) is 10.2. The number of hydrogen-bond acceptors (Lipinski definition) is 2. The maximum atomic E-state index is 8.89. The van der Waals surface area contributed by atoms with Crippen molar-refractivity contribution in [2.75, 3.05) is 11.9 Å². The SMILES string of the molecule is CC(CO)Nc1cc2ccccc2[nH]1. The van der Waals surface area contributed by atoms with Gasteiger partial charge in [0.05, 0.1) is 6.61 Å². The van der Waals surface area contributed by atoms with Gasteiger partial charge in [0.25, 0.3) is 0 Å². The number of benzene rings is 1. The Bertz CT molecular complexity index is 389. The molecule has 1 aromatic carbocycles. The third-order valence-corrected chi connectivity index (χ3v) is 2.21. The molecule has 3 N–H and O–H groups in total. The molecule has 74 valence electrons. The van der Waals surface area contributed by atoms with Gasteiger partial charge in [-0.25, -0.2) is 0 Å². The van der Waals surface area contributed by atoms with Gasteiger partial charge in [-0.15, -0.1) is 0 Å². The molecule has 0 aliphatic carbocycles. The lowest BCUT2D eigenvalue weighted by molar-refractivity contribution is 0.281. The van der Waals surface area contributed by atoms with Gasteiger partial charge in [0.15, 0.2) is 0 Å². The van der Waals surface area contributed by atoms with Crippen LogP contribution in [0.2, 0.25) is 0 Å². The van der Waals surface area contributed by atoms with Gasteiger partial charge >= 0.3 is 0 Å². The Morgan fingerprint density at radius 1 is 1.43 bits per heavy atom. The molecular weight excluding hydrogens is 176 g/mol. The van der Waals surface area contributed by atoms with Crippen molar-refractivity contribution in [2.45, 2.75) is 13.0 Å². The van der Waals surface area contributed by atoms with E-state index in [1.54, 1.807) is 0 Å². The van der Waals surface area contributed by atoms with Crippen LogP contribution in [0.5, 0.6) is 0 Å². The second-order valence-corrected chi connectivity index (χ2v) is 3.50. The quantitative estimate of drug-likeness (QED) is 0.693. The van der Waals surface area contributed by atoms with Gasteiger partial charge in [0, 0.05) is 16.9 Å². The minimum absolute atomic E-state index is 0.0723. The molecule has 1 unspecified atom stereocenters. The molecule has 0 amide bonds. The van der Waals surface area contributed by atoms with Crippen LogP contribution in [0.3, 0.4) is 0 Å². The van der Waals surface area contributed by atoms with Gasteiger partial charge in [-0.1, -0.05) is 18.2 Å². The van der Waals surface area contributed by atoms with Crippen molar-refractivity contribution < 1.29 is 5.11 Å². The maximum Gasteiger partial charge on any atom is 0.104 e.